The maximum atomic E-state index is 10.9. The molecule has 1 saturated heterocycles. The van der Waals surface area contributed by atoms with Gasteiger partial charge in [0.15, 0.2) is 0 Å². The highest BCUT2D eigenvalue weighted by molar-refractivity contribution is 5.87. The van der Waals surface area contributed by atoms with Crippen LogP contribution in [0.3, 0.4) is 0 Å². The van der Waals surface area contributed by atoms with Crippen LogP contribution in [0.1, 0.15) is 26.2 Å². The van der Waals surface area contributed by atoms with Crippen LogP contribution in [0.15, 0.2) is 0 Å². The Kier molecular flexibility index (Phi) is 2.68. The van der Waals surface area contributed by atoms with Crippen LogP contribution in [0, 0.1) is 0 Å². The van der Waals surface area contributed by atoms with Crippen molar-refractivity contribution in [3.8, 4) is 0 Å². The number of β-lactam (4-membered cyclic amide) rings is 1. The predicted octanol–water partition coefficient (Wildman–Crippen LogP) is 0.472. The lowest BCUT2D eigenvalue weighted by Crippen LogP contribution is -2.53. The third-order valence-corrected chi connectivity index (χ3v) is 2.11. The van der Waals surface area contributed by atoms with E-state index in [1.54, 1.807) is 0 Å². The fourth-order valence-corrected chi connectivity index (χ4v) is 1.35. The van der Waals surface area contributed by atoms with Crippen LogP contribution in [-0.4, -0.2) is 34.5 Å². The topological polar surface area (TPSA) is 57.6 Å². The summed E-state index contributed by atoms with van der Waals surface area (Å²) in [5, 5.41) is 8.76. The number of rotatable bonds is 4. The number of carboxylic acid groups (broad SMARTS) is 1. The van der Waals surface area contributed by atoms with E-state index in [2.05, 4.69) is 0 Å². The standard InChI is InChI=1S/C8H13NO3/c1-2-3-6(8(11)12)9-5-4-7(9)10/h6H,2-5H2,1H3,(H,11,12). The lowest BCUT2D eigenvalue weighted by atomic mass is 10.1. The fraction of sp³-hybridized carbons (Fsp3) is 0.750. The molecule has 4 heteroatoms. The number of carboxylic acids is 1. The first-order valence-electron chi connectivity index (χ1n) is 4.19. The van der Waals surface area contributed by atoms with Gasteiger partial charge in [-0.15, -0.1) is 0 Å². The molecule has 68 valence electrons. The molecule has 0 saturated carbocycles. The molecule has 1 N–H and O–H groups in total. The lowest BCUT2D eigenvalue weighted by molar-refractivity contribution is -0.156. The summed E-state index contributed by atoms with van der Waals surface area (Å²) < 4.78 is 0. The molecule has 4 nitrogen and oxygen atoms in total. The zero-order valence-corrected chi connectivity index (χ0v) is 7.12. The van der Waals surface area contributed by atoms with Gasteiger partial charge in [-0.3, -0.25) is 4.79 Å². The van der Waals surface area contributed by atoms with Crippen molar-refractivity contribution >= 4 is 11.9 Å². The van der Waals surface area contributed by atoms with Gasteiger partial charge in [-0.2, -0.15) is 0 Å². The molecule has 1 aliphatic heterocycles. The van der Waals surface area contributed by atoms with E-state index >= 15 is 0 Å². The molecule has 1 amide bonds. The Morgan fingerprint density at radius 3 is 2.67 bits per heavy atom. The van der Waals surface area contributed by atoms with E-state index in [0.717, 1.165) is 6.42 Å². The van der Waals surface area contributed by atoms with Crippen LogP contribution in [0.5, 0.6) is 0 Å². The zero-order valence-electron chi connectivity index (χ0n) is 7.12. The van der Waals surface area contributed by atoms with E-state index in [1.807, 2.05) is 6.92 Å². The Morgan fingerprint density at radius 2 is 2.42 bits per heavy atom. The smallest absolute Gasteiger partial charge is 0.326 e. The number of aliphatic carboxylic acids is 1. The van der Waals surface area contributed by atoms with Crippen LogP contribution in [0.2, 0.25) is 0 Å². The third kappa shape index (κ3) is 1.57. The van der Waals surface area contributed by atoms with Gasteiger partial charge in [0.05, 0.1) is 0 Å². The summed E-state index contributed by atoms with van der Waals surface area (Å²) in [6.07, 6.45) is 1.86. The summed E-state index contributed by atoms with van der Waals surface area (Å²) in [7, 11) is 0. The van der Waals surface area contributed by atoms with Crippen molar-refractivity contribution in [2.75, 3.05) is 6.54 Å². The number of amides is 1. The first-order chi connectivity index (χ1) is 5.66. The van der Waals surface area contributed by atoms with Crippen molar-refractivity contribution in [3.05, 3.63) is 0 Å². The Bertz CT molecular complexity index is 202. The molecule has 1 atom stereocenters. The van der Waals surface area contributed by atoms with Crippen molar-refractivity contribution < 1.29 is 14.7 Å². The number of likely N-dealkylation sites (tertiary alicyclic amines) is 1. The van der Waals surface area contributed by atoms with Gasteiger partial charge >= 0.3 is 5.97 Å². The van der Waals surface area contributed by atoms with E-state index in [9.17, 15) is 9.59 Å². The van der Waals surface area contributed by atoms with Crippen molar-refractivity contribution in [2.45, 2.75) is 32.2 Å². The summed E-state index contributed by atoms with van der Waals surface area (Å²) >= 11 is 0. The van der Waals surface area contributed by atoms with E-state index < -0.39 is 12.0 Å². The van der Waals surface area contributed by atoms with E-state index in [4.69, 9.17) is 5.11 Å². The lowest BCUT2D eigenvalue weighted by Gasteiger charge is -2.35. The van der Waals surface area contributed by atoms with Crippen LogP contribution in [0.4, 0.5) is 0 Å². The molecule has 1 aliphatic rings. The quantitative estimate of drug-likeness (QED) is 0.625. The Labute approximate surface area is 71.2 Å². The highest BCUT2D eigenvalue weighted by atomic mass is 16.4. The number of nitrogens with zero attached hydrogens (tertiary/aromatic N) is 1. The van der Waals surface area contributed by atoms with Gasteiger partial charge < -0.3 is 10.0 Å². The minimum atomic E-state index is -0.884. The second-order valence-electron chi connectivity index (χ2n) is 2.98. The van der Waals surface area contributed by atoms with Gasteiger partial charge in [-0.1, -0.05) is 13.3 Å². The summed E-state index contributed by atoms with van der Waals surface area (Å²) in [4.78, 5) is 23.0. The fourth-order valence-electron chi connectivity index (χ4n) is 1.35. The highest BCUT2D eigenvalue weighted by Gasteiger charge is 2.34. The largest absolute Gasteiger partial charge is 0.480 e. The van der Waals surface area contributed by atoms with Crippen LogP contribution < -0.4 is 0 Å². The van der Waals surface area contributed by atoms with E-state index in [-0.39, 0.29) is 5.91 Å². The maximum absolute atomic E-state index is 10.9. The van der Waals surface area contributed by atoms with Crippen molar-refractivity contribution in [1.82, 2.24) is 4.90 Å². The SMILES string of the molecule is CCCC(C(=O)O)N1CCC1=O. The molecular weight excluding hydrogens is 158 g/mol. The van der Waals surface area contributed by atoms with Gasteiger partial charge in [0, 0.05) is 13.0 Å². The van der Waals surface area contributed by atoms with E-state index in [1.165, 1.54) is 4.90 Å². The van der Waals surface area contributed by atoms with Crippen molar-refractivity contribution in [3.63, 3.8) is 0 Å². The monoisotopic (exact) mass is 171 g/mol. The zero-order chi connectivity index (χ0) is 9.14. The molecule has 0 aromatic rings. The average molecular weight is 171 g/mol. The molecule has 0 aliphatic carbocycles. The molecule has 0 radical (unpaired) electrons. The summed E-state index contributed by atoms with van der Waals surface area (Å²) in [6.45, 7) is 2.52. The normalized spacial score (nSPS) is 18.8. The molecular formula is C8H13NO3. The Balaban J connectivity index is 2.53. The van der Waals surface area contributed by atoms with E-state index in [0.29, 0.717) is 19.4 Å². The van der Waals surface area contributed by atoms with Gasteiger partial charge in [-0.05, 0) is 6.42 Å². The molecule has 1 fully saturated rings. The molecule has 0 bridgehead atoms. The van der Waals surface area contributed by atoms with Crippen LogP contribution >= 0.6 is 0 Å². The minimum Gasteiger partial charge on any atom is -0.480 e. The van der Waals surface area contributed by atoms with Crippen LogP contribution in [0.25, 0.3) is 0 Å². The molecule has 12 heavy (non-hydrogen) atoms. The number of hydrogen-bond acceptors (Lipinski definition) is 2. The van der Waals surface area contributed by atoms with Gasteiger partial charge in [-0.25, -0.2) is 4.79 Å². The van der Waals surface area contributed by atoms with Crippen molar-refractivity contribution in [1.29, 1.82) is 0 Å². The first kappa shape index (κ1) is 9.03. The molecule has 0 aromatic carbocycles. The number of carbonyl (C=O) groups is 2. The molecule has 0 aromatic heterocycles. The molecule has 0 spiro atoms. The van der Waals surface area contributed by atoms with Crippen molar-refractivity contribution in [2.24, 2.45) is 0 Å². The van der Waals surface area contributed by atoms with Gasteiger partial charge in [0.1, 0.15) is 6.04 Å². The first-order valence-corrected chi connectivity index (χ1v) is 4.19. The Morgan fingerprint density at radius 1 is 1.75 bits per heavy atom. The van der Waals surface area contributed by atoms with Gasteiger partial charge in [0.2, 0.25) is 5.91 Å². The third-order valence-electron chi connectivity index (χ3n) is 2.11. The highest BCUT2D eigenvalue weighted by Crippen LogP contribution is 2.16. The van der Waals surface area contributed by atoms with Crippen LogP contribution in [-0.2, 0) is 9.59 Å². The predicted molar refractivity (Wildman–Crippen MR) is 42.7 cm³/mol. The average Bonchev–Trinajstić information content (AvgIpc) is 2.01. The Hall–Kier alpha value is -1.06. The number of carbonyl (C=O) groups excluding carboxylic acids is 1. The van der Waals surface area contributed by atoms with Gasteiger partial charge in [0.25, 0.3) is 0 Å². The number of hydrogen-bond donors (Lipinski definition) is 1. The summed E-state index contributed by atoms with van der Waals surface area (Å²) in [5.74, 6) is -0.916. The summed E-state index contributed by atoms with van der Waals surface area (Å²) in [5.41, 5.74) is 0. The molecule has 1 heterocycles. The minimum absolute atomic E-state index is 0.0316. The second-order valence-corrected chi connectivity index (χ2v) is 2.98. The second kappa shape index (κ2) is 3.56. The maximum Gasteiger partial charge on any atom is 0.326 e. The molecule has 1 rings (SSSR count). The molecule has 1 unspecified atom stereocenters. The summed E-state index contributed by atoms with van der Waals surface area (Å²) in [6, 6.07) is -0.587.